The number of rotatable bonds is 5. The zero-order valence-electron chi connectivity index (χ0n) is 13.9. The Bertz CT molecular complexity index is 821. The molecule has 0 unspecified atom stereocenters. The minimum Gasteiger partial charge on any atom is -0.369 e. The van der Waals surface area contributed by atoms with Crippen molar-refractivity contribution in [3.8, 4) is 0 Å². The van der Waals surface area contributed by atoms with Gasteiger partial charge in [-0.05, 0) is 47.1 Å². The number of hydrogen-bond acceptors (Lipinski definition) is 6. The average molecular weight is 426 g/mol. The summed E-state index contributed by atoms with van der Waals surface area (Å²) in [5.41, 5.74) is 0. The molecule has 0 saturated carbocycles. The van der Waals surface area contributed by atoms with E-state index in [9.17, 15) is 8.42 Å². The van der Waals surface area contributed by atoms with Gasteiger partial charge in [-0.25, -0.2) is 8.42 Å². The lowest BCUT2D eigenvalue weighted by atomic mass is 10.3. The normalized spacial score (nSPS) is 16.0. The van der Waals surface area contributed by atoms with Crippen molar-refractivity contribution in [2.24, 2.45) is 0 Å². The molecule has 2 heterocycles. The second-order valence-corrected chi connectivity index (χ2v) is 8.39. The second kappa shape index (κ2) is 7.67. The highest BCUT2D eigenvalue weighted by atomic mass is 79.9. The maximum atomic E-state index is 12.8. The highest BCUT2D eigenvalue weighted by Gasteiger charge is 2.30. The van der Waals surface area contributed by atoms with Crippen LogP contribution in [-0.2, 0) is 10.0 Å². The first-order valence-electron chi connectivity index (χ1n) is 8.09. The maximum Gasteiger partial charge on any atom is 0.244 e. The van der Waals surface area contributed by atoms with Crippen LogP contribution in [-0.4, -0.2) is 55.6 Å². The molecule has 134 valence electrons. The zero-order chi connectivity index (χ0) is 17.9. The first kappa shape index (κ1) is 18.1. The number of nitrogens with zero attached hydrogens (tertiary/aromatic N) is 4. The Morgan fingerprint density at radius 2 is 1.80 bits per heavy atom. The first-order valence-corrected chi connectivity index (χ1v) is 10.3. The summed E-state index contributed by atoms with van der Waals surface area (Å²) in [6.45, 7) is 4.79. The number of piperazine rings is 1. The fourth-order valence-electron chi connectivity index (χ4n) is 2.72. The molecule has 0 amide bonds. The maximum absolute atomic E-state index is 12.8. The highest BCUT2D eigenvalue weighted by Crippen LogP contribution is 2.26. The molecule has 1 aliphatic heterocycles. The van der Waals surface area contributed by atoms with Gasteiger partial charge in [-0.15, -0.1) is 10.2 Å². The van der Waals surface area contributed by atoms with E-state index in [1.165, 1.54) is 4.31 Å². The number of halogens is 1. The Kier molecular flexibility index (Phi) is 5.55. The molecule has 1 aromatic carbocycles. The Morgan fingerprint density at radius 1 is 1.08 bits per heavy atom. The summed E-state index contributed by atoms with van der Waals surface area (Å²) in [4.78, 5) is 2.35. The number of nitrogens with one attached hydrogen (secondary N) is 1. The minimum absolute atomic E-state index is 0.304. The van der Waals surface area contributed by atoms with Crippen LogP contribution in [0.3, 0.4) is 0 Å². The van der Waals surface area contributed by atoms with Crippen molar-refractivity contribution in [2.45, 2.75) is 11.8 Å². The van der Waals surface area contributed by atoms with E-state index in [4.69, 9.17) is 0 Å². The van der Waals surface area contributed by atoms with Crippen molar-refractivity contribution in [3.63, 3.8) is 0 Å². The number of aromatic nitrogens is 2. The van der Waals surface area contributed by atoms with Crippen LogP contribution in [0.5, 0.6) is 0 Å². The number of benzene rings is 1. The molecule has 0 radical (unpaired) electrons. The van der Waals surface area contributed by atoms with Gasteiger partial charge in [0.15, 0.2) is 5.82 Å². The van der Waals surface area contributed by atoms with Crippen LogP contribution >= 0.6 is 15.9 Å². The molecule has 2 aromatic rings. The minimum atomic E-state index is -3.50. The topological polar surface area (TPSA) is 78.4 Å². The van der Waals surface area contributed by atoms with Gasteiger partial charge < -0.3 is 10.2 Å². The van der Waals surface area contributed by atoms with E-state index in [0.29, 0.717) is 35.5 Å². The van der Waals surface area contributed by atoms with Crippen LogP contribution in [0, 0.1) is 0 Å². The Balaban J connectivity index is 1.68. The second-order valence-electron chi connectivity index (χ2n) is 5.63. The van der Waals surface area contributed by atoms with E-state index in [1.807, 2.05) is 19.1 Å². The van der Waals surface area contributed by atoms with Gasteiger partial charge in [0.2, 0.25) is 10.0 Å². The van der Waals surface area contributed by atoms with Crippen molar-refractivity contribution in [1.82, 2.24) is 14.5 Å². The standard InChI is InChI=1S/C16H20BrN5O2S/c1-2-18-15-7-8-16(20-19-15)21-9-11-22(12-10-21)25(23,24)14-6-4-3-5-13(14)17/h3-8H,2,9-12H2,1H3,(H,18,19). The monoisotopic (exact) mass is 425 g/mol. The fourth-order valence-corrected chi connectivity index (χ4v) is 5.11. The summed E-state index contributed by atoms with van der Waals surface area (Å²) in [5, 5.41) is 11.5. The molecule has 1 aromatic heterocycles. The van der Waals surface area contributed by atoms with E-state index < -0.39 is 10.0 Å². The SMILES string of the molecule is CCNc1ccc(N2CCN(S(=O)(=O)c3ccccc3Br)CC2)nn1. The third-order valence-corrected chi connectivity index (χ3v) is 6.94. The Morgan fingerprint density at radius 3 is 2.40 bits per heavy atom. The van der Waals surface area contributed by atoms with Crippen LogP contribution in [0.15, 0.2) is 45.8 Å². The number of anilines is 2. The van der Waals surface area contributed by atoms with E-state index in [2.05, 4.69) is 36.3 Å². The van der Waals surface area contributed by atoms with Gasteiger partial charge >= 0.3 is 0 Å². The largest absolute Gasteiger partial charge is 0.369 e. The summed E-state index contributed by atoms with van der Waals surface area (Å²) < 4.78 is 27.7. The van der Waals surface area contributed by atoms with Crippen molar-refractivity contribution < 1.29 is 8.42 Å². The molecular formula is C16H20BrN5O2S. The molecular weight excluding hydrogens is 406 g/mol. The molecule has 7 nitrogen and oxygen atoms in total. The third-order valence-electron chi connectivity index (χ3n) is 4.03. The lowest BCUT2D eigenvalue weighted by Gasteiger charge is -2.34. The molecule has 25 heavy (non-hydrogen) atoms. The van der Waals surface area contributed by atoms with E-state index >= 15 is 0 Å². The van der Waals surface area contributed by atoms with E-state index in [-0.39, 0.29) is 0 Å². The van der Waals surface area contributed by atoms with Crippen LogP contribution < -0.4 is 10.2 Å². The van der Waals surface area contributed by atoms with Gasteiger partial charge in [0.1, 0.15) is 5.82 Å². The average Bonchev–Trinajstić information content (AvgIpc) is 2.63. The lowest BCUT2D eigenvalue weighted by Crippen LogP contribution is -2.49. The first-order chi connectivity index (χ1) is 12.0. The van der Waals surface area contributed by atoms with Gasteiger partial charge in [-0.1, -0.05) is 12.1 Å². The van der Waals surface area contributed by atoms with Crippen LogP contribution in [0.1, 0.15) is 6.92 Å². The van der Waals surface area contributed by atoms with Crippen molar-refractivity contribution in [1.29, 1.82) is 0 Å². The van der Waals surface area contributed by atoms with Crippen LogP contribution in [0.4, 0.5) is 11.6 Å². The van der Waals surface area contributed by atoms with Gasteiger partial charge in [0.25, 0.3) is 0 Å². The summed E-state index contributed by atoms with van der Waals surface area (Å²) in [5.74, 6) is 1.50. The Labute approximate surface area is 156 Å². The summed E-state index contributed by atoms with van der Waals surface area (Å²) in [6.07, 6.45) is 0. The van der Waals surface area contributed by atoms with Crippen LogP contribution in [0.2, 0.25) is 0 Å². The fraction of sp³-hybridized carbons (Fsp3) is 0.375. The molecule has 0 atom stereocenters. The molecule has 0 bridgehead atoms. The highest BCUT2D eigenvalue weighted by molar-refractivity contribution is 9.10. The lowest BCUT2D eigenvalue weighted by molar-refractivity contribution is 0.383. The molecule has 1 fully saturated rings. The molecule has 1 N–H and O–H groups in total. The summed E-state index contributed by atoms with van der Waals surface area (Å²) >= 11 is 3.33. The predicted molar refractivity (Wildman–Crippen MR) is 101 cm³/mol. The van der Waals surface area contributed by atoms with Gasteiger partial charge in [-0.2, -0.15) is 4.31 Å². The summed E-state index contributed by atoms with van der Waals surface area (Å²) in [7, 11) is -3.50. The van der Waals surface area contributed by atoms with Crippen molar-refractivity contribution >= 4 is 37.6 Å². The number of sulfonamides is 1. The smallest absolute Gasteiger partial charge is 0.244 e. The molecule has 0 aliphatic carbocycles. The van der Waals surface area contributed by atoms with Crippen molar-refractivity contribution in [2.75, 3.05) is 42.9 Å². The van der Waals surface area contributed by atoms with E-state index in [1.54, 1.807) is 24.3 Å². The van der Waals surface area contributed by atoms with Gasteiger partial charge in [0.05, 0.1) is 4.90 Å². The molecule has 9 heteroatoms. The third kappa shape index (κ3) is 3.94. The van der Waals surface area contributed by atoms with Crippen molar-refractivity contribution in [3.05, 3.63) is 40.9 Å². The molecule has 1 aliphatic rings. The zero-order valence-corrected chi connectivity index (χ0v) is 16.3. The summed E-state index contributed by atoms with van der Waals surface area (Å²) in [6, 6.07) is 10.7. The molecule has 1 saturated heterocycles. The quantitative estimate of drug-likeness (QED) is 0.790. The molecule has 0 spiro atoms. The molecule has 3 rings (SSSR count). The van der Waals surface area contributed by atoms with Gasteiger partial charge in [0, 0.05) is 37.2 Å². The van der Waals surface area contributed by atoms with E-state index in [0.717, 1.165) is 18.2 Å². The van der Waals surface area contributed by atoms with Crippen LogP contribution in [0.25, 0.3) is 0 Å². The Hall–Kier alpha value is -1.71. The predicted octanol–water partition coefficient (Wildman–Crippen LogP) is 2.18. The number of hydrogen-bond donors (Lipinski definition) is 1. The van der Waals surface area contributed by atoms with Gasteiger partial charge in [-0.3, -0.25) is 0 Å².